The summed E-state index contributed by atoms with van der Waals surface area (Å²) in [5.41, 5.74) is 3.47. The van der Waals surface area contributed by atoms with Crippen molar-refractivity contribution < 1.29 is 14.3 Å². The minimum Gasteiger partial charge on any atom is -0.495 e. The fourth-order valence-corrected chi connectivity index (χ4v) is 3.53. The van der Waals surface area contributed by atoms with Gasteiger partial charge in [-0.2, -0.15) is 0 Å². The Balaban J connectivity index is 1.74. The molecule has 148 valence electrons. The molecule has 0 fully saturated rings. The monoisotopic (exact) mass is 392 g/mol. The minimum atomic E-state index is -0.258. The van der Waals surface area contributed by atoms with Crippen molar-refractivity contribution >= 4 is 34.0 Å². The van der Waals surface area contributed by atoms with Crippen LogP contribution in [0.3, 0.4) is 0 Å². The van der Waals surface area contributed by atoms with Crippen LogP contribution in [0.2, 0.25) is 0 Å². The van der Waals surface area contributed by atoms with E-state index in [1.165, 1.54) is 6.20 Å². The van der Waals surface area contributed by atoms with E-state index < -0.39 is 0 Å². The highest BCUT2D eigenvalue weighted by molar-refractivity contribution is 6.01. The molecule has 29 heavy (non-hydrogen) atoms. The van der Waals surface area contributed by atoms with E-state index >= 15 is 0 Å². The molecule has 0 saturated heterocycles. The number of aromatic nitrogens is 4. The largest absolute Gasteiger partial charge is 0.495 e. The molecule has 1 aliphatic rings. The number of nitrogens with one attached hydrogen (secondary N) is 3. The molecule has 0 radical (unpaired) electrons. The number of carbonyl (C=O) groups excluding carboxylic acids is 1. The molecule has 0 aliphatic carbocycles. The molecule has 1 aromatic carbocycles. The van der Waals surface area contributed by atoms with Crippen molar-refractivity contribution in [3.8, 4) is 5.75 Å². The fraction of sp³-hybridized carbons (Fsp3) is 0.250. The number of fused-ring (bicyclic) bond motifs is 6. The van der Waals surface area contributed by atoms with Crippen molar-refractivity contribution in [3.63, 3.8) is 0 Å². The van der Waals surface area contributed by atoms with Gasteiger partial charge in [0, 0.05) is 17.6 Å². The first kappa shape index (κ1) is 17.5. The van der Waals surface area contributed by atoms with Crippen LogP contribution in [0.5, 0.6) is 5.75 Å². The van der Waals surface area contributed by atoms with Crippen LogP contribution in [-0.2, 0) is 11.3 Å². The number of methoxy groups -OCH3 is 1. The maximum atomic E-state index is 12.8. The number of aromatic amines is 1. The first-order chi connectivity index (χ1) is 14.1. The van der Waals surface area contributed by atoms with Gasteiger partial charge in [0.2, 0.25) is 0 Å². The molecule has 4 bridgehead atoms. The molecule has 0 spiro atoms. The number of imidazole rings is 1. The number of ether oxygens (including phenoxy) is 2. The number of nitrogens with zero attached hydrogens (tertiary/aromatic N) is 3. The number of benzene rings is 1. The molecule has 4 aromatic rings. The summed E-state index contributed by atoms with van der Waals surface area (Å²) in [6.45, 7) is 2.70. The van der Waals surface area contributed by atoms with E-state index in [-0.39, 0.29) is 11.9 Å². The molecule has 4 heterocycles. The quantitative estimate of drug-likeness (QED) is 0.460. The van der Waals surface area contributed by atoms with Crippen LogP contribution in [0, 0.1) is 0 Å². The maximum absolute atomic E-state index is 12.8. The van der Waals surface area contributed by atoms with Gasteiger partial charge in [-0.1, -0.05) is 6.07 Å². The summed E-state index contributed by atoms with van der Waals surface area (Å²) in [7, 11) is 1.62. The van der Waals surface area contributed by atoms with Crippen LogP contribution in [0.4, 0.5) is 11.5 Å². The third kappa shape index (κ3) is 2.95. The molecular weight excluding hydrogens is 372 g/mol. The minimum absolute atomic E-state index is 0.166. The van der Waals surface area contributed by atoms with Gasteiger partial charge in [0.1, 0.15) is 5.75 Å². The normalized spacial score (nSPS) is 17.2. The van der Waals surface area contributed by atoms with Gasteiger partial charge >= 0.3 is 0 Å². The standard InChI is InChI=1S/C20H20N6O3/c1-11-9-29-10-12-3-4-16(28-2)14(7-12)24-18-13-5-6-21-17(13)19-22-8-15(20(27)23-11)26(19)25-18/h3-8,11,21H,9-10H2,1-2H3,(H,23,27)(H,24,25)/t11-/m1/s1. The number of H-pyrrole nitrogens is 1. The highest BCUT2D eigenvalue weighted by atomic mass is 16.5. The summed E-state index contributed by atoms with van der Waals surface area (Å²) < 4.78 is 12.8. The maximum Gasteiger partial charge on any atom is 0.271 e. The van der Waals surface area contributed by atoms with Gasteiger partial charge < -0.3 is 25.1 Å². The van der Waals surface area contributed by atoms with Gasteiger partial charge in [-0.25, -0.2) is 9.50 Å². The third-order valence-electron chi connectivity index (χ3n) is 4.93. The Bertz CT molecular complexity index is 1230. The first-order valence-corrected chi connectivity index (χ1v) is 9.31. The molecular formula is C20H20N6O3. The molecule has 1 atom stereocenters. The number of carbonyl (C=O) groups is 1. The van der Waals surface area contributed by atoms with Crippen LogP contribution in [0.25, 0.3) is 16.6 Å². The second-order valence-corrected chi connectivity index (χ2v) is 7.04. The summed E-state index contributed by atoms with van der Waals surface area (Å²) in [5.74, 6) is 1.01. The van der Waals surface area contributed by atoms with Gasteiger partial charge in [-0.15, -0.1) is 5.10 Å². The smallest absolute Gasteiger partial charge is 0.271 e. The van der Waals surface area contributed by atoms with Crippen molar-refractivity contribution in [1.29, 1.82) is 0 Å². The van der Waals surface area contributed by atoms with Crippen LogP contribution in [0.15, 0.2) is 36.7 Å². The van der Waals surface area contributed by atoms with E-state index in [4.69, 9.17) is 9.47 Å². The average molecular weight is 392 g/mol. The summed E-state index contributed by atoms with van der Waals surface area (Å²) in [6, 6.07) is 7.58. The van der Waals surface area contributed by atoms with Crippen LogP contribution >= 0.6 is 0 Å². The van der Waals surface area contributed by atoms with E-state index in [9.17, 15) is 4.79 Å². The van der Waals surface area contributed by atoms with E-state index in [0.29, 0.717) is 36.1 Å². The predicted octanol–water partition coefficient (Wildman–Crippen LogP) is 2.61. The second kappa shape index (κ2) is 6.78. The summed E-state index contributed by atoms with van der Waals surface area (Å²) in [4.78, 5) is 20.4. The van der Waals surface area contributed by atoms with Crippen LogP contribution in [0.1, 0.15) is 23.0 Å². The van der Waals surface area contributed by atoms with E-state index in [1.807, 2.05) is 37.4 Å². The Kier molecular flexibility index (Phi) is 4.09. The van der Waals surface area contributed by atoms with Crippen molar-refractivity contribution in [3.05, 3.63) is 47.9 Å². The zero-order valence-corrected chi connectivity index (χ0v) is 16.0. The molecule has 3 N–H and O–H groups in total. The summed E-state index contributed by atoms with van der Waals surface area (Å²) in [6.07, 6.45) is 3.35. The molecule has 3 aromatic heterocycles. The molecule has 1 aliphatic heterocycles. The number of rotatable bonds is 1. The van der Waals surface area contributed by atoms with E-state index in [1.54, 1.807) is 11.6 Å². The molecule has 9 nitrogen and oxygen atoms in total. The Labute approximate surface area is 166 Å². The topological polar surface area (TPSA) is 106 Å². The lowest BCUT2D eigenvalue weighted by Crippen LogP contribution is -2.36. The van der Waals surface area contributed by atoms with E-state index in [2.05, 4.69) is 25.7 Å². The number of hydrogen-bond acceptors (Lipinski definition) is 6. The predicted molar refractivity (Wildman–Crippen MR) is 108 cm³/mol. The summed E-state index contributed by atoms with van der Waals surface area (Å²) in [5, 5.41) is 11.8. The fourth-order valence-electron chi connectivity index (χ4n) is 3.53. The molecule has 1 amide bonds. The first-order valence-electron chi connectivity index (χ1n) is 9.31. The Morgan fingerprint density at radius 2 is 2.21 bits per heavy atom. The van der Waals surface area contributed by atoms with Gasteiger partial charge in [-0.05, 0) is 30.7 Å². The third-order valence-corrected chi connectivity index (χ3v) is 4.93. The Morgan fingerprint density at radius 1 is 1.31 bits per heavy atom. The number of hydrogen-bond donors (Lipinski definition) is 3. The summed E-state index contributed by atoms with van der Waals surface area (Å²) >= 11 is 0. The lowest BCUT2D eigenvalue weighted by atomic mass is 10.2. The van der Waals surface area contributed by atoms with Crippen molar-refractivity contribution in [1.82, 2.24) is 24.9 Å². The lowest BCUT2D eigenvalue weighted by molar-refractivity contribution is 0.0815. The second-order valence-electron chi connectivity index (χ2n) is 7.04. The number of anilines is 2. The zero-order valence-electron chi connectivity index (χ0n) is 16.0. The SMILES string of the molecule is COc1ccc2cc1Nc1nn3c(cnc3c3[nH]ccc13)C(=O)N[C@H](C)COC2. The molecule has 0 saturated carbocycles. The highest BCUT2D eigenvalue weighted by Gasteiger charge is 2.20. The van der Waals surface area contributed by atoms with Gasteiger partial charge in [0.05, 0.1) is 37.7 Å². The Hall–Kier alpha value is -3.59. The van der Waals surface area contributed by atoms with Crippen molar-refractivity contribution in [2.45, 2.75) is 19.6 Å². The van der Waals surface area contributed by atoms with Crippen LogP contribution < -0.4 is 15.4 Å². The lowest BCUT2D eigenvalue weighted by Gasteiger charge is -2.17. The van der Waals surface area contributed by atoms with Gasteiger partial charge in [0.25, 0.3) is 5.91 Å². The number of amides is 1. The van der Waals surface area contributed by atoms with Gasteiger partial charge in [0.15, 0.2) is 17.2 Å². The van der Waals surface area contributed by atoms with Crippen molar-refractivity contribution in [2.75, 3.05) is 19.0 Å². The van der Waals surface area contributed by atoms with E-state index in [0.717, 1.165) is 22.2 Å². The molecule has 5 rings (SSSR count). The molecule has 0 unspecified atom stereocenters. The van der Waals surface area contributed by atoms with Gasteiger partial charge in [-0.3, -0.25) is 4.79 Å². The highest BCUT2D eigenvalue weighted by Crippen LogP contribution is 2.32. The molecule has 9 heteroatoms. The average Bonchev–Trinajstić information content (AvgIpc) is 3.34. The van der Waals surface area contributed by atoms with Crippen molar-refractivity contribution in [2.24, 2.45) is 0 Å². The Morgan fingerprint density at radius 3 is 3.07 bits per heavy atom. The van der Waals surface area contributed by atoms with Crippen LogP contribution in [-0.4, -0.2) is 45.2 Å². The zero-order chi connectivity index (χ0) is 20.0.